The molecule has 1 unspecified atom stereocenters. The first-order valence-electron chi connectivity index (χ1n) is 6.39. The van der Waals surface area contributed by atoms with E-state index >= 15 is 0 Å². The molecule has 0 saturated heterocycles. The van der Waals surface area contributed by atoms with Crippen molar-refractivity contribution >= 4 is 23.2 Å². The third-order valence-electron chi connectivity index (χ3n) is 2.99. The van der Waals surface area contributed by atoms with Crippen molar-refractivity contribution in [1.29, 1.82) is 0 Å². The van der Waals surface area contributed by atoms with Crippen LogP contribution in [-0.2, 0) is 4.79 Å². The number of hydrogen-bond donors (Lipinski definition) is 1. The van der Waals surface area contributed by atoms with Gasteiger partial charge >= 0.3 is 0 Å². The topological polar surface area (TPSA) is 54.9 Å². The maximum absolute atomic E-state index is 12.5. The molecule has 0 aliphatic rings. The van der Waals surface area contributed by atoms with Crippen molar-refractivity contribution in [3.63, 3.8) is 0 Å². The van der Waals surface area contributed by atoms with Crippen LogP contribution in [0.2, 0.25) is 5.02 Å². The Labute approximate surface area is 123 Å². The highest BCUT2D eigenvalue weighted by molar-refractivity contribution is 6.30. The number of nitrogens with one attached hydrogen (secondary N) is 1. The summed E-state index contributed by atoms with van der Waals surface area (Å²) in [6.45, 7) is 4.01. The fraction of sp³-hybridized carbons (Fsp3) is 0.267. The third-order valence-corrected chi connectivity index (χ3v) is 3.22. The minimum absolute atomic E-state index is 0.0860. The zero-order valence-electron chi connectivity index (χ0n) is 11.4. The molecule has 2 aromatic rings. The molecule has 0 aliphatic carbocycles. The molecule has 0 saturated carbocycles. The van der Waals surface area contributed by atoms with E-state index in [-0.39, 0.29) is 17.7 Å². The second kappa shape index (κ2) is 6.48. The normalized spacial score (nSPS) is 12.2. The van der Waals surface area contributed by atoms with Gasteiger partial charge in [0.1, 0.15) is 6.33 Å². The average molecular weight is 290 g/mol. The summed E-state index contributed by atoms with van der Waals surface area (Å²) in [6, 6.07) is 7.39. The van der Waals surface area contributed by atoms with Crippen molar-refractivity contribution in [3.8, 4) is 0 Å². The zero-order chi connectivity index (χ0) is 14.5. The first kappa shape index (κ1) is 14.5. The smallest absolute Gasteiger partial charge is 0.232 e. The molecule has 1 atom stereocenters. The van der Waals surface area contributed by atoms with E-state index in [2.05, 4.69) is 15.3 Å². The number of rotatable bonds is 4. The third kappa shape index (κ3) is 3.54. The lowest BCUT2D eigenvalue weighted by atomic mass is 9.87. The Hall–Kier alpha value is -1.94. The van der Waals surface area contributed by atoms with Crippen molar-refractivity contribution in [2.24, 2.45) is 5.92 Å². The molecule has 0 radical (unpaired) electrons. The summed E-state index contributed by atoms with van der Waals surface area (Å²) in [7, 11) is 0. The molecule has 5 heteroatoms. The number of benzene rings is 1. The lowest BCUT2D eigenvalue weighted by molar-refractivity contribution is -0.118. The summed E-state index contributed by atoms with van der Waals surface area (Å²) < 4.78 is 0. The maximum Gasteiger partial charge on any atom is 0.232 e. The van der Waals surface area contributed by atoms with Gasteiger partial charge in [0, 0.05) is 5.02 Å². The second-order valence-corrected chi connectivity index (χ2v) is 5.33. The maximum atomic E-state index is 12.5. The van der Waals surface area contributed by atoms with Crippen molar-refractivity contribution in [2.45, 2.75) is 19.8 Å². The molecule has 1 aromatic carbocycles. The van der Waals surface area contributed by atoms with Gasteiger partial charge in [-0.2, -0.15) is 0 Å². The average Bonchev–Trinajstić information content (AvgIpc) is 2.39. The molecule has 1 heterocycles. The van der Waals surface area contributed by atoms with Crippen molar-refractivity contribution < 1.29 is 4.79 Å². The van der Waals surface area contributed by atoms with Gasteiger partial charge in [0.15, 0.2) is 0 Å². The summed E-state index contributed by atoms with van der Waals surface area (Å²) >= 11 is 6.01. The largest absolute Gasteiger partial charge is 0.323 e. The number of hydrogen-bond acceptors (Lipinski definition) is 3. The van der Waals surface area contributed by atoms with Gasteiger partial charge in [-0.05, 0) is 23.6 Å². The summed E-state index contributed by atoms with van der Waals surface area (Å²) in [5.41, 5.74) is 1.49. The molecule has 1 N–H and O–H groups in total. The van der Waals surface area contributed by atoms with Gasteiger partial charge in [0.2, 0.25) is 5.91 Å². The first-order chi connectivity index (χ1) is 9.58. The molecule has 104 valence electrons. The molecular formula is C15H16ClN3O. The molecule has 0 aliphatic heterocycles. The molecule has 0 spiro atoms. The lowest BCUT2D eigenvalue weighted by Crippen LogP contribution is -2.25. The Morgan fingerprint density at radius 2 is 1.95 bits per heavy atom. The Bertz CT molecular complexity index is 587. The molecule has 20 heavy (non-hydrogen) atoms. The number of halogens is 1. The first-order valence-corrected chi connectivity index (χ1v) is 6.77. The summed E-state index contributed by atoms with van der Waals surface area (Å²) in [5, 5.41) is 3.46. The van der Waals surface area contributed by atoms with E-state index in [1.807, 2.05) is 32.0 Å². The van der Waals surface area contributed by atoms with E-state index in [1.165, 1.54) is 6.33 Å². The number of amides is 1. The number of carbonyl (C=O) groups is 1. The Kier molecular flexibility index (Phi) is 4.69. The predicted molar refractivity (Wildman–Crippen MR) is 79.7 cm³/mol. The van der Waals surface area contributed by atoms with Crippen LogP contribution < -0.4 is 5.32 Å². The van der Waals surface area contributed by atoms with Crippen LogP contribution in [0.4, 0.5) is 5.69 Å². The van der Waals surface area contributed by atoms with Crippen LogP contribution in [0.25, 0.3) is 0 Å². The van der Waals surface area contributed by atoms with Gasteiger partial charge in [0.05, 0.1) is 24.0 Å². The van der Waals surface area contributed by atoms with Crippen molar-refractivity contribution in [2.75, 3.05) is 5.32 Å². The van der Waals surface area contributed by atoms with Gasteiger partial charge in [0.25, 0.3) is 0 Å². The van der Waals surface area contributed by atoms with E-state index in [4.69, 9.17) is 11.6 Å². The molecule has 4 nitrogen and oxygen atoms in total. The Morgan fingerprint density at radius 3 is 2.55 bits per heavy atom. The van der Waals surface area contributed by atoms with Gasteiger partial charge < -0.3 is 5.32 Å². The fourth-order valence-corrected chi connectivity index (χ4v) is 2.32. The highest BCUT2D eigenvalue weighted by Gasteiger charge is 2.24. The van der Waals surface area contributed by atoms with E-state index in [1.54, 1.807) is 18.5 Å². The summed E-state index contributed by atoms with van der Waals surface area (Å²) in [4.78, 5) is 20.2. The van der Waals surface area contributed by atoms with E-state index in [0.717, 1.165) is 5.56 Å². The molecule has 1 aromatic heterocycles. The lowest BCUT2D eigenvalue weighted by Gasteiger charge is -2.20. The van der Waals surface area contributed by atoms with E-state index in [0.29, 0.717) is 10.7 Å². The minimum Gasteiger partial charge on any atom is -0.323 e. The molecule has 0 fully saturated rings. The number of anilines is 1. The molecule has 0 bridgehead atoms. The van der Waals surface area contributed by atoms with Crippen LogP contribution in [-0.4, -0.2) is 15.9 Å². The number of aromatic nitrogens is 2. The van der Waals surface area contributed by atoms with Crippen LogP contribution in [0, 0.1) is 5.92 Å². The predicted octanol–water partition coefficient (Wildman–Crippen LogP) is 3.51. The monoisotopic (exact) mass is 289 g/mol. The van der Waals surface area contributed by atoms with E-state index in [9.17, 15) is 4.79 Å². The Balaban J connectivity index is 2.23. The Morgan fingerprint density at radius 1 is 1.25 bits per heavy atom. The van der Waals surface area contributed by atoms with Crippen molar-refractivity contribution in [3.05, 3.63) is 53.6 Å². The van der Waals surface area contributed by atoms with Crippen LogP contribution in [0.3, 0.4) is 0 Å². The number of nitrogens with zero attached hydrogens (tertiary/aromatic N) is 2. The van der Waals surface area contributed by atoms with Gasteiger partial charge in [-0.25, -0.2) is 9.97 Å². The minimum atomic E-state index is -0.270. The highest BCUT2D eigenvalue weighted by Crippen LogP contribution is 2.27. The molecule has 2 rings (SSSR count). The van der Waals surface area contributed by atoms with E-state index < -0.39 is 0 Å². The van der Waals surface area contributed by atoms with Gasteiger partial charge in [-0.15, -0.1) is 0 Å². The van der Waals surface area contributed by atoms with Gasteiger partial charge in [-0.3, -0.25) is 4.79 Å². The van der Waals surface area contributed by atoms with Crippen LogP contribution in [0.1, 0.15) is 25.3 Å². The SMILES string of the molecule is CC(C)C(C(=O)Nc1cncnc1)c1cccc(Cl)c1. The zero-order valence-corrected chi connectivity index (χ0v) is 12.1. The van der Waals surface area contributed by atoms with Crippen molar-refractivity contribution in [1.82, 2.24) is 9.97 Å². The summed E-state index contributed by atoms with van der Waals surface area (Å²) in [5.74, 6) is -0.205. The summed E-state index contributed by atoms with van der Waals surface area (Å²) in [6.07, 6.45) is 4.56. The van der Waals surface area contributed by atoms with Gasteiger partial charge in [-0.1, -0.05) is 37.6 Å². The second-order valence-electron chi connectivity index (χ2n) is 4.89. The fourth-order valence-electron chi connectivity index (χ4n) is 2.12. The molecule has 1 amide bonds. The molecular weight excluding hydrogens is 274 g/mol. The van der Waals surface area contributed by atoms with Crippen LogP contribution in [0.15, 0.2) is 43.0 Å². The van der Waals surface area contributed by atoms with Crippen LogP contribution in [0.5, 0.6) is 0 Å². The van der Waals surface area contributed by atoms with Crippen LogP contribution >= 0.6 is 11.6 Å². The quantitative estimate of drug-likeness (QED) is 0.937. The standard InChI is InChI=1S/C15H16ClN3O/c1-10(2)14(11-4-3-5-12(16)6-11)15(20)19-13-7-17-9-18-8-13/h3-10,14H,1-2H3,(H,19,20). The number of carbonyl (C=O) groups excluding carboxylic acids is 1. The highest BCUT2D eigenvalue weighted by atomic mass is 35.5.